The van der Waals surface area contributed by atoms with Crippen molar-refractivity contribution in [2.75, 3.05) is 0 Å². The number of nitriles is 1. The van der Waals surface area contributed by atoms with Crippen molar-refractivity contribution < 1.29 is 4.74 Å². The number of hydrogen-bond acceptors (Lipinski definition) is 2. The molecule has 0 unspecified atom stereocenters. The summed E-state index contributed by atoms with van der Waals surface area (Å²) in [5.74, 6) is 1.48. The number of ether oxygens (including phenoxy) is 1. The fraction of sp³-hybridized carbons (Fsp3) is 0.0714. The maximum Gasteiger partial charge on any atom is 0.141 e. The van der Waals surface area contributed by atoms with Crippen LogP contribution in [0.4, 0.5) is 0 Å². The lowest BCUT2D eigenvalue weighted by molar-refractivity contribution is 0.479. The fourth-order valence-corrected chi connectivity index (χ4v) is 1.99. The predicted octanol–water partition coefficient (Wildman–Crippen LogP) is 4.42. The van der Waals surface area contributed by atoms with E-state index in [2.05, 4.69) is 22.0 Å². The van der Waals surface area contributed by atoms with Gasteiger partial charge >= 0.3 is 0 Å². The standard InChI is InChI=1S/C14H10BrNO/c1-10-2-7-14(13(15)8-10)17-12-5-3-11(9-16)4-6-12/h2-8H,1H3. The molecule has 0 aliphatic heterocycles. The van der Waals surface area contributed by atoms with Crippen molar-refractivity contribution in [3.63, 3.8) is 0 Å². The summed E-state index contributed by atoms with van der Waals surface area (Å²) in [6, 6.07) is 15.0. The lowest BCUT2D eigenvalue weighted by atomic mass is 10.2. The molecule has 0 spiro atoms. The van der Waals surface area contributed by atoms with Gasteiger partial charge in [0.2, 0.25) is 0 Å². The molecule has 2 nitrogen and oxygen atoms in total. The van der Waals surface area contributed by atoms with Gasteiger partial charge in [-0.15, -0.1) is 0 Å². The van der Waals surface area contributed by atoms with Gasteiger partial charge in [-0.3, -0.25) is 0 Å². The van der Waals surface area contributed by atoms with E-state index in [0.717, 1.165) is 10.2 Å². The molecule has 2 aromatic carbocycles. The molecule has 0 atom stereocenters. The van der Waals surface area contributed by atoms with Gasteiger partial charge in [0.15, 0.2) is 0 Å². The van der Waals surface area contributed by atoms with Gasteiger partial charge in [-0.2, -0.15) is 5.26 Å². The Balaban J connectivity index is 2.23. The molecule has 0 radical (unpaired) electrons. The number of hydrogen-bond donors (Lipinski definition) is 0. The number of rotatable bonds is 2. The smallest absolute Gasteiger partial charge is 0.141 e. The van der Waals surface area contributed by atoms with Crippen molar-refractivity contribution in [3.8, 4) is 17.6 Å². The van der Waals surface area contributed by atoms with Gasteiger partial charge < -0.3 is 4.74 Å². The highest BCUT2D eigenvalue weighted by Crippen LogP contribution is 2.30. The van der Waals surface area contributed by atoms with E-state index in [1.807, 2.05) is 25.1 Å². The zero-order valence-electron chi connectivity index (χ0n) is 9.27. The van der Waals surface area contributed by atoms with E-state index in [0.29, 0.717) is 11.3 Å². The van der Waals surface area contributed by atoms with E-state index in [1.165, 1.54) is 5.56 Å². The van der Waals surface area contributed by atoms with E-state index >= 15 is 0 Å². The molecular weight excluding hydrogens is 278 g/mol. The van der Waals surface area contributed by atoms with Crippen LogP contribution in [0, 0.1) is 18.3 Å². The van der Waals surface area contributed by atoms with Crippen LogP contribution in [-0.2, 0) is 0 Å². The van der Waals surface area contributed by atoms with Crippen molar-refractivity contribution in [2.45, 2.75) is 6.92 Å². The Morgan fingerprint density at radius 1 is 1.12 bits per heavy atom. The third-order valence-corrected chi connectivity index (χ3v) is 2.92. The molecule has 0 amide bonds. The summed E-state index contributed by atoms with van der Waals surface area (Å²) in [6.07, 6.45) is 0. The number of benzene rings is 2. The summed E-state index contributed by atoms with van der Waals surface area (Å²) in [7, 11) is 0. The Labute approximate surface area is 109 Å². The molecule has 0 saturated heterocycles. The van der Waals surface area contributed by atoms with Gasteiger partial charge in [-0.05, 0) is 64.8 Å². The van der Waals surface area contributed by atoms with Crippen molar-refractivity contribution >= 4 is 15.9 Å². The molecular formula is C14H10BrNO. The van der Waals surface area contributed by atoms with Crippen LogP contribution >= 0.6 is 15.9 Å². The molecule has 0 aliphatic carbocycles. The number of nitrogens with zero attached hydrogens (tertiary/aromatic N) is 1. The van der Waals surface area contributed by atoms with Crippen LogP contribution in [0.2, 0.25) is 0 Å². The van der Waals surface area contributed by atoms with Gasteiger partial charge in [0.05, 0.1) is 16.1 Å². The highest BCUT2D eigenvalue weighted by molar-refractivity contribution is 9.10. The lowest BCUT2D eigenvalue weighted by Crippen LogP contribution is -1.86. The Morgan fingerprint density at radius 3 is 2.41 bits per heavy atom. The van der Waals surface area contributed by atoms with Crippen LogP contribution in [-0.4, -0.2) is 0 Å². The van der Waals surface area contributed by atoms with Crippen molar-refractivity contribution in [2.24, 2.45) is 0 Å². The molecule has 0 fully saturated rings. The second-order valence-electron chi connectivity index (χ2n) is 3.67. The third-order valence-electron chi connectivity index (χ3n) is 2.30. The predicted molar refractivity (Wildman–Crippen MR) is 70.1 cm³/mol. The third kappa shape index (κ3) is 2.86. The van der Waals surface area contributed by atoms with Gasteiger partial charge in [0.1, 0.15) is 11.5 Å². The Kier molecular flexibility index (Phi) is 3.46. The zero-order chi connectivity index (χ0) is 12.3. The average Bonchev–Trinajstić information content (AvgIpc) is 2.34. The topological polar surface area (TPSA) is 33.0 Å². The molecule has 0 N–H and O–H groups in total. The molecule has 3 heteroatoms. The van der Waals surface area contributed by atoms with Crippen molar-refractivity contribution in [1.29, 1.82) is 5.26 Å². The highest BCUT2D eigenvalue weighted by atomic mass is 79.9. The summed E-state index contributed by atoms with van der Waals surface area (Å²) in [5.41, 5.74) is 1.80. The monoisotopic (exact) mass is 287 g/mol. The molecule has 84 valence electrons. The second-order valence-corrected chi connectivity index (χ2v) is 4.53. The first-order valence-electron chi connectivity index (χ1n) is 5.13. The van der Waals surface area contributed by atoms with Crippen LogP contribution in [0.25, 0.3) is 0 Å². The maximum absolute atomic E-state index is 8.69. The van der Waals surface area contributed by atoms with Gasteiger partial charge in [-0.1, -0.05) is 6.07 Å². The molecule has 0 aliphatic rings. The Hall–Kier alpha value is -1.79. The molecule has 2 aromatic rings. The Bertz CT molecular complexity index is 570. The van der Waals surface area contributed by atoms with Crippen LogP contribution in [0.1, 0.15) is 11.1 Å². The van der Waals surface area contributed by atoms with Crippen molar-refractivity contribution in [3.05, 3.63) is 58.1 Å². The van der Waals surface area contributed by atoms with Crippen molar-refractivity contribution in [1.82, 2.24) is 0 Å². The Morgan fingerprint density at radius 2 is 1.82 bits per heavy atom. The SMILES string of the molecule is Cc1ccc(Oc2ccc(C#N)cc2)c(Br)c1. The quantitative estimate of drug-likeness (QED) is 0.819. The van der Waals surface area contributed by atoms with Crippen LogP contribution in [0.3, 0.4) is 0 Å². The second kappa shape index (κ2) is 5.03. The van der Waals surface area contributed by atoms with E-state index in [9.17, 15) is 0 Å². The summed E-state index contributed by atoms with van der Waals surface area (Å²) < 4.78 is 6.63. The minimum atomic E-state index is 0.625. The van der Waals surface area contributed by atoms with Crippen LogP contribution in [0.15, 0.2) is 46.9 Å². The van der Waals surface area contributed by atoms with Crippen LogP contribution < -0.4 is 4.74 Å². The van der Waals surface area contributed by atoms with E-state index in [4.69, 9.17) is 10.00 Å². The summed E-state index contributed by atoms with van der Waals surface area (Å²) in [4.78, 5) is 0. The summed E-state index contributed by atoms with van der Waals surface area (Å²) in [6.45, 7) is 2.02. The van der Waals surface area contributed by atoms with Crippen LogP contribution in [0.5, 0.6) is 11.5 Å². The summed E-state index contributed by atoms with van der Waals surface area (Å²) >= 11 is 3.46. The fourth-order valence-electron chi connectivity index (χ4n) is 1.41. The maximum atomic E-state index is 8.69. The lowest BCUT2D eigenvalue weighted by Gasteiger charge is -2.08. The van der Waals surface area contributed by atoms with E-state index in [1.54, 1.807) is 24.3 Å². The molecule has 0 heterocycles. The van der Waals surface area contributed by atoms with E-state index < -0.39 is 0 Å². The normalized spacial score (nSPS) is 9.71. The minimum Gasteiger partial charge on any atom is -0.456 e. The van der Waals surface area contributed by atoms with Gasteiger partial charge in [0.25, 0.3) is 0 Å². The van der Waals surface area contributed by atoms with Gasteiger partial charge in [0, 0.05) is 0 Å². The molecule has 0 saturated carbocycles. The first kappa shape index (κ1) is 11.7. The first-order valence-corrected chi connectivity index (χ1v) is 5.92. The van der Waals surface area contributed by atoms with E-state index in [-0.39, 0.29) is 0 Å². The molecule has 0 aromatic heterocycles. The summed E-state index contributed by atoms with van der Waals surface area (Å²) in [5, 5.41) is 8.69. The average molecular weight is 288 g/mol. The number of aryl methyl sites for hydroxylation is 1. The highest BCUT2D eigenvalue weighted by Gasteiger charge is 2.02. The molecule has 2 rings (SSSR count). The number of halogens is 1. The zero-order valence-corrected chi connectivity index (χ0v) is 10.9. The minimum absolute atomic E-state index is 0.625. The molecule has 17 heavy (non-hydrogen) atoms. The van der Waals surface area contributed by atoms with Gasteiger partial charge in [-0.25, -0.2) is 0 Å². The largest absolute Gasteiger partial charge is 0.456 e. The molecule has 0 bridgehead atoms. The first-order chi connectivity index (χ1) is 8.19.